The molecule has 2 aromatic carbocycles. The molecule has 0 unspecified atom stereocenters. The Morgan fingerprint density at radius 3 is 2.34 bits per heavy atom. The minimum Gasteiger partial charge on any atom is -0.478 e. The van der Waals surface area contributed by atoms with Crippen molar-refractivity contribution in [2.24, 2.45) is 5.92 Å². The van der Waals surface area contributed by atoms with Crippen LogP contribution in [0.25, 0.3) is 5.57 Å². The van der Waals surface area contributed by atoms with Gasteiger partial charge in [-0.05, 0) is 88.1 Å². The van der Waals surface area contributed by atoms with Gasteiger partial charge in [0.15, 0.2) is 0 Å². The second-order valence-corrected chi connectivity index (χ2v) is 11.7. The van der Waals surface area contributed by atoms with Crippen LogP contribution in [0.3, 0.4) is 0 Å². The average Bonchev–Trinajstić information content (AvgIpc) is 3.64. The molecule has 38 heavy (non-hydrogen) atoms. The molecule has 1 amide bonds. The highest BCUT2D eigenvalue weighted by Gasteiger charge is 2.42. The first kappa shape index (κ1) is 27.9. The molecule has 0 radical (unpaired) electrons. The van der Waals surface area contributed by atoms with Gasteiger partial charge in [0.05, 0.1) is 5.56 Å². The quantitative estimate of drug-likeness (QED) is 0.377. The molecule has 2 aliphatic carbocycles. The fourth-order valence-corrected chi connectivity index (χ4v) is 5.58. The van der Waals surface area contributed by atoms with E-state index in [1.165, 1.54) is 17.6 Å². The molecule has 2 saturated carbocycles. The summed E-state index contributed by atoms with van der Waals surface area (Å²) in [5, 5.41) is 13.3. The molecule has 204 valence electrons. The highest BCUT2D eigenvalue weighted by molar-refractivity contribution is 5.87. The van der Waals surface area contributed by atoms with Gasteiger partial charge < -0.3 is 20.1 Å². The third-order valence-corrected chi connectivity index (χ3v) is 7.46. The van der Waals surface area contributed by atoms with E-state index in [2.05, 4.69) is 48.6 Å². The zero-order valence-electron chi connectivity index (χ0n) is 23.2. The lowest BCUT2D eigenvalue weighted by Gasteiger charge is -2.38. The summed E-state index contributed by atoms with van der Waals surface area (Å²) >= 11 is 0. The normalized spacial score (nSPS) is 23.5. The molecule has 2 atom stereocenters. The van der Waals surface area contributed by atoms with Crippen molar-refractivity contribution in [3.05, 3.63) is 77.4 Å². The average molecular weight is 519 g/mol. The van der Waals surface area contributed by atoms with E-state index in [-0.39, 0.29) is 17.7 Å². The summed E-state index contributed by atoms with van der Waals surface area (Å²) in [6.45, 7) is 8.15. The summed E-state index contributed by atoms with van der Waals surface area (Å²) in [6.07, 6.45) is 8.03. The number of allylic oxidation sites excluding steroid dienone is 1. The topological polar surface area (TPSA) is 78.9 Å². The van der Waals surface area contributed by atoms with E-state index < -0.39 is 11.6 Å². The van der Waals surface area contributed by atoms with Gasteiger partial charge in [0.25, 0.3) is 0 Å². The van der Waals surface area contributed by atoms with Gasteiger partial charge in [-0.25, -0.2) is 9.59 Å². The lowest BCUT2D eigenvalue weighted by atomic mass is 9.89. The van der Waals surface area contributed by atoms with Gasteiger partial charge in [0, 0.05) is 30.6 Å². The van der Waals surface area contributed by atoms with Crippen LogP contribution in [0.2, 0.25) is 0 Å². The van der Waals surface area contributed by atoms with Crippen molar-refractivity contribution in [3.8, 4) is 0 Å². The van der Waals surface area contributed by atoms with Crippen molar-refractivity contribution < 1.29 is 19.4 Å². The first-order valence-electron chi connectivity index (χ1n) is 14.0. The Kier molecular flexibility index (Phi) is 8.93. The van der Waals surface area contributed by atoms with Crippen LogP contribution in [0.15, 0.2) is 60.7 Å². The number of carbonyl (C=O) groups excluding carboxylic acids is 1. The summed E-state index contributed by atoms with van der Waals surface area (Å²) in [5.74, 6) is -0.403. The van der Waals surface area contributed by atoms with Gasteiger partial charge in [-0.3, -0.25) is 0 Å². The van der Waals surface area contributed by atoms with Gasteiger partial charge in [0.2, 0.25) is 0 Å². The minimum absolute atomic E-state index is 0.0613. The van der Waals surface area contributed by atoms with Crippen molar-refractivity contribution in [2.45, 2.75) is 96.5 Å². The van der Waals surface area contributed by atoms with E-state index in [9.17, 15) is 14.7 Å². The van der Waals surface area contributed by atoms with Gasteiger partial charge in [-0.15, -0.1) is 0 Å². The first-order chi connectivity index (χ1) is 18.1. The molecule has 0 aliphatic heterocycles. The van der Waals surface area contributed by atoms with Crippen LogP contribution in [0, 0.1) is 5.92 Å². The number of rotatable bonds is 9. The molecule has 6 nitrogen and oxygen atoms in total. The van der Waals surface area contributed by atoms with E-state index in [1.54, 1.807) is 23.1 Å². The first-order valence-corrected chi connectivity index (χ1v) is 14.0. The van der Waals surface area contributed by atoms with Crippen LogP contribution in [0.5, 0.6) is 0 Å². The molecule has 0 spiro atoms. The lowest BCUT2D eigenvalue weighted by Crippen LogP contribution is -2.47. The van der Waals surface area contributed by atoms with Crippen LogP contribution in [0.4, 0.5) is 4.79 Å². The van der Waals surface area contributed by atoms with E-state index in [1.807, 2.05) is 26.8 Å². The maximum atomic E-state index is 13.2. The number of ether oxygens (including phenoxy) is 1. The van der Waals surface area contributed by atoms with Crippen molar-refractivity contribution in [3.63, 3.8) is 0 Å². The van der Waals surface area contributed by atoms with Crippen molar-refractivity contribution in [1.82, 2.24) is 10.2 Å². The molecule has 2 fully saturated rings. The van der Waals surface area contributed by atoms with Crippen LogP contribution < -0.4 is 5.32 Å². The second kappa shape index (κ2) is 12.2. The smallest absolute Gasteiger partial charge is 0.410 e. The van der Waals surface area contributed by atoms with Crippen molar-refractivity contribution in [2.75, 3.05) is 0 Å². The van der Waals surface area contributed by atoms with Crippen molar-refractivity contribution in [1.29, 1.82) is 0 Å². The predicted molar refractivity (Wildman–Crippen MR) is 151 cm³/mol. The zero-order chi connectivity index (χ0) is 27.3. The summed E-state index contributed by atoms with van der Waals surface area (Å²) in [4.78, 5) is 26.5. The third kappa shape index (κ3) is 7.47. The number of aromatic carboxylic acids is 1. The second-order valence-electron chi connectivity index (χ2n) is 11.7. The van der Waals surface area contributed by atoms with Crippen LogP contribution in [-0.4, -0.2) is 45.8 Å². The number of hydrogen-bond acceptors (Lipinski definition) is 4. The van der Waals surface area contributed by atoms with Crippen LogP contribution in [0.1, 0.15) is 87.7 Å². The molecular formula is C32H42N2O4. The van der Waals surface area contributed by atoms with E-state index >= 15 is 0 Å². The maximum Gasteiger partial charge on any atom is 0.410 e. The SMILES string of the molecule is CCC=C(c1ccccc1)[C@@H]1C[C@H]1N[C@H]1CC[C@H](N(Cc2cccc(C(=O)O)c2)C(=O)OC(C)(C)C)CC1. The molecule has 0 aromatic heterocycles. The molecule has 2 aromatic rings. The number of benzene rings is 2. The monoisotopic (exact) mass is 518 g/mol. The fourth-order valence-electron chi connectivity index (χ4n) is 5.58. The fraction of sp³-hybridized carbons (Fsp3) is 0.500. The number of hydrogen-bond donors (Lipinski definition) is 2. The summed E-state index contributed by atoms with van der Waals surface area (Å²) in [5.41, 5.74) is 3.21. The van der Waals surface area contributed by atoms with Gasteiger partial charge in [0.1, 0.15) is 5.60 Å². The number of amides is 1. The lowest BCUT2D eigenvalue weighted by molar-refractivity contribution is 0.00876. The Hall–Kier alpha value is -3.12. The summed E-state index contributed by atoms with van der Waals surface area (Å²) < 4.78 is 5.76. The molecule has 2 N–H and O–H groups in total. The summed E-state index contributed by atoms with van der Waals surface area (Å²) in [6, 6.07) is 18.5. The third-order valence-electron chi connectivity index (χ3n) is 7.46. The summed E-state index contributed by atoms with van der Waals surface area (Å²) in [7, 11) is 0. The van der Waals surface area contributed by atoms with Crippen molar-refractivity contribution >= 4 is 17.6 Å². The van der Waals surface area contributed by atoms with E-state index in [4.69, 9.17) is 4.74 Å². The van der Waals surface area contributed by atoms with Gasteiger partial charge in [-0.2, -0.15) is 0 Å². The largest absolute Gasteiger partial charge is 0.478 e. The standard InChI is InChI=1S/C32H42N2O4/c1-5-10-27(23-12-7-6-8-13-23)28-20-29(28)33-25-15-17-26(18-16-25)34(31(37)38-32(2,3)4)21-22-11-9-14-24(19-22)30(35)36/h6-14,19,25-26,28-29,33H,5,15-18,20-21H2,1-4H3,(H,35,36)/t25-,26-,28-,29+/m0/s1. The molecular weight excluding hydrogens is 476 g/mol. The maximum absolute atomic E-state index is 13.2. The Morgan fingerprint density at radius 2 is 1.71 bits per heavy atom. The van der Waals surface area contributed by atoms with Crippen LogP contribution in [-0.2, 0) is 11.3 Å². The molecule has 0 bridgehead atoms. The Morgan fingerprint density at radius 1 is 1.03 bits per heavy atom. The van der Waals surface area contributed by atoms with Gasteiger partial charge in [-0.1, -0.05) is 55.5 Å². The number of nitrogens with one attached hydrogen (secondary N) is 1. The highest BCUT2D eigenvalue weighted by Crippen LogP contribution is 2.43. The molecule has 2 aliphatic rings. The highest BCUT2D eigenvalue weighted by atomic mass is 16.6. The number of carboxylic acids is 1. The van der Waals surface area contributed by atoms with Gasteiger partial charge >= 0.3 is 12.1 Å². The Balaban J connectivity index is 1.37. The van der Waals surface area contributed by atoms with Crippen LogP contribution >= 0.6 is 0 Å². The zero-order valence-corrected chi connectivity index (χ0v) is 23.2. The predicted octanol–water partition coefficient (Wildman–Crippen LogP) is 6.90. The number of carbonyl (C=O) groups is 2. The van der Waals surface area contributed by atoms with E-state index in [0.29, 0.717) is 24.5 Å². The molecule has 4 rings (SSSR count). The minimum atomic E-state index is -0.968. The number of carboxylic acid groups (broad SMARTS) is 1. The molecule has 0 heterocycles. The number of nitrogens with zero attached hydrogens (tertiary/aromatic N) is 1. The van der Waals surface area contributed by atoms with E-state index in [0.717, 1.165) is 37.7 Å². The Bertz CT molecular complexity index is 1130. The molecule has 6 heteroatoms. The Labute approximate surface area is 227 Å². The molecule has 0 saturated heterocycles.